The van der Waals surface area contributed by atoms with Crippen LogP contribution in [0.25, 0.3) is 0 Å². The summed E-state index contributed by atoms with van der Waals surface area (Å²) in [5, 5.41) is 0.198. The molecule has 0 amide bonds. The summed E-state index contributed by atoms with van der Waals surface area (Å²) in [5.74, 6) is -0.0301. The summed E-state index contributed by atoms with van der Waals surface area (Å²) in [4.78, 5) is 24.7. The predicted octanol–water partition coefficient (Wildman–Crippen LogP) is 3.99. The molecule has 0 N–H and O–H groups in total. The highest BCUT2D eigenvalue weighted by Gasteiger charge is 2.20. The first kappa shape index (κ1) is 18.6. The van der Waals surface area contributed by atoms with Crippen LogP contribution in [0.4, 0.5) is 0 Å². The molecule has 0 fully saturated rings. The van der Waals surface area contributed by atoms with E-state index in [0.29, 0.717) is 5.82 Å². The Kier molecular flexibility index (Phi) is 5.83. The van der Waals surface area contributed by atoms with Crippen LogP contribution < -0.4 is 9.47 Å². The SMILES string of the molecule is COc1nc(C)nc(Oc2cccc(Cl)c2C(=O)OCc2ccccc2)n1. The number of hydrogen-bond acceptors (Lipinski definition) is 7. The number of ether oxygens (including phenoxy) is 3. The van der Waals surface area contributed by atoms with E-state index in [4.69, 9.17) is 25.8 Å². The van der Waals surface area contributed by atoms with Crippen molar-refractivity contribution < 1.29 is 19.0 Å². The van der Waals surface area contributed by atoms with Gasteiger partial charge in [-0.05, 0) is 24.6 Å². The lowest BCUT2D eigenvalue weighted by atomic mass is 10.2. The van der Waals surface area contributed by atoms with Crippen molar-refractivity contribution in [3.63, 3.8) is 0 Å². The molecule has 8 heteroatoms. The molecule has 1 aromatic heterocycles. The molecule has 1 heterocycles. The number of halogens is 1. The van der Waals surface area contributed by atoms with Crippen molar-refractivity contribution in [1.82, 2.24) is 15.0 Å². The van der Waals surface area contributed by atoms with Crippen molar-refractivity contribution >= 4 is 17.6 Å². The first-order valence-corrected chi connectivity index (χ1v) is 8.38. The van der Waals surface area contributed by atoms with Gasteiger partial charge in [0.15, 0.2) is 0 Å². The molecule has 3 rings (SSSR count). The Balaban J connectivity index is 1.84. The Bertz CT molecular complexity index is 951. The fourth-order valence-electron chi connectivity index (χ4n) is 2.25. The van der Waals surface area contributed by atoms with E-state index in [1.54, 1.807) is 25.1 Å². The van der Waals surface area contributed by atoms with Gasteiger partial charge < -0.3 is 14.2 Å². The lowest BCUT2D eigenvalue weighted by Gasteiger charge is -2.12. The van der Waals surface area contributed by atoms with E-state index in [1.165, 1.54) is 7.11 Å². The zero-order valence-electron chi connectivity index (χ0n) is 14.7. The van der Waals surface area contributed by atoms with Crippen LogP contribution in [0.15, 0.2) is 48.5 Å². The molecule has 0 aliphatic carbocycles. The largest absolute Gasteiger partial charge is 0.467 e. The summed E-state index contributed by atoms with van der Waals surface area (Å²) in [6.45, 7) is 1.78. The Labute approximate surface area is 160 Å². The lowest BCUT2D eigenvalue weighted by Crippen LogP contribution is -2.09. The quantitative estimate of drug-likeness (QED) is 0.593. The normalized spacial score (nSPS) is 10.3. The summed E-state index contributed by atoms with van der Waals surface area (Å²) in [6.07, 6.45) is 0. The Hall–Kier alpha value is -3.19. The maximum Gasteiger partial charge on any atom is 0.343 e. The number of aryl methyl sites for hydroxylation is 1. The minimum Gasteiger partial charge on any atom is -0.467 e. The number of nitrogens with zero attached hydrogens (tertiary/aromatic N) is 3. The van der Waals surface area contributed by atoms with E-state index in [9.17, 15) is 4.79 Å². The van der Waals surface area contributed by atoms with E-state index in [1.807, 2.05) is 30.3 Å². The fourth-order valence-corrected chi connectivity index (χ4v) is 2.49. The minimum atomic E-state index is -0.614. The smallest absolute Gasteiger partial charge is 0.343 e. The monoisotopic (exact) mass is 385 g/mol. The van der Waals surface area contributed by atoms with Gasteiger partial charge >= 0.3 is 18.0 Å². The second-order valence-corrected chi connectivity index (χ2v) is 5.84. The number of methoxy groups -OCH3 is 1. The van der Waals surface area contributed by atoms with E-state index in [0.717, 1.165) is 5.56 Å². The van der Waals surface area contributed by atoms with Gasteiger partial charge in [0.05, 0.1) is 12.1 Å². The van der Waals surface area contributed by atoms with Crippen LogP contribution in [-0.4, -0.2) is 28.0 Å². The van der Waals surface area contributed by atoms with Crippen molar-refractivity contribution in [1.29, 1.82) is 0 Å². The zero-order valence-corrected chi connectivity index (χ0v) is 15.4. The number of carbonyl (C=O) groups is 1. The van der Waals surface area contributed by atoms with Gasteiger partial charge in [-0.3, -0.25) is 0 Å². The van der Waals surface area contributed by atoms with Gasteiger partial charge in [0.2, 0.25) is 0 Å². The third-order valence-corrected chi connectivity index (χ3v) is 3.80. The van der Waals surface area contributed by atoms with Crippen LogP contribution in [0.3, 0.4) is 0 Å². The van der Waals surface area contributed by atoms with Crippen LogP contribution in [0.2, 0.25) is 5.02 Å². The molecule has 0 spiro atoms. The molecule has 0 aliphatic rings. The minimum absolute atomic E-state index is 0.0151. The summed E-state index contributed by atoms with van der Waals surface area (Å²) in [7, 11) is 1.43. The molecular weight excluding hydrogens is 370 g/mol. The molecule has 3 aromatic rings. The van der Waals surface area contributed by atoms with Crippen LogP contribution in [0.1, 0.15) is 21.7 Å². The van der Waals surface area contributed by atoms with Crippen molar-refractivity contribution in [3.8, 4) is 17.8 Å². The van der Waals surface area contributed by atoms with E-state index in [2.05, 4.69) is 15.0 Å². The Morgan fingerprint density at radius 1 is 1.00 bits per heavy atom. The van der Waals surface area contributed by atoms with Gasteiger partial charge in [0.1, 0.15) is 23.7 Å². The fraction of sp³-hybridized carbons (Fsp3) is 0.158. The molecule has 0 aliphatic heterocycles. The molecular formula is C19H16ClN3O4. The second-order valence-electron chi connectivity index (χ2n) is 5.43. The highest BCUT2D eigenvalue weighted by molar-refractivity contribution is 6.34. The molecule has 0 bridgehead atoms. The Morgan fingerprint density at radius 2 is 1.74 bits per heavy atom. The maximum absolute atomic E-state index is 12.6. The summed E-state index contributed by atoms with van der Waals surface area (Å²) in [5.41, 5.74) is 0.949. The zero-order chi connectivity index (χ0) is 19.2. The van der Waals surface area contributed by atoms with Gasteiger partial charge in [0.25, 0.3) is 0 Å². The van der Waals surface area contributed by atoms with Crippen molar-refractivity contribution in [2.75, 3.05) is 7.11 Å². The molecule has 27 heavy (non-hydrogen) atoms. The number of benzene rings is 2. The average Bonchev–Trinajstić information content (AvgIpc) is 2.66. The summed E-state index contributed by atoms with van der Waals surface area (Å²) in [6, 6.07) is 14.2. The third kappa shape index (κ3) is 4.71. The van der Waals surface area contributed by atoms with Crippen LogP contribution in [0, 0.1) is 6.92 Å². The molecule has 0 saturated heterocycles. The van der Waals surface area contributed by atoms with Gasteiger partial charge in [0, 0.05) is 0 Å². The molecule has 0 saturated carbocycles. The number of aromatic nitrogens is 3. The second kappa shape index (κ2) is 8.46. The van der Waals surface area contributed by atoms with Crippen molar-refractivity contribution in [2.24, 2.45) is 0 Å². The maximum atomic E-state index is 12.6. The van der Waals surface area contributed by atoms with Crippen molar-refractivity contribution in [3.05, 3.63) is 70.5 Å². The van der Waals surface area contributed by atoms with Crippen LogP contribution in [0.5, 0.6) is 17.8 Å². The molecule has 0 atom stereocenters. The van der Waals surface area contributed by atoms with E-state index < -0.39 is 5.97 Å². The van der Waals surface area contributed by atoms with Crippen LogP contribution >= 0.6 is 11.6 Å². The lowest BCUT2D eigenvalue weighted by molar-refractivity contribution is 0.0470. The highest BCUT2D eigenvalue weighted by Crippen LogP contribution is 2.30. The highest BCUT2D eigenvalue weighted by atomic mass is 35.5. The standard InChI is InChI=1S/C19H16ClN3O4/c1-12-21-18(25-2)23-19(22-12)27-15-10-6-9-14(20)16(15)17(24)26-11-13-7-4-3-5-8-13/h3-10H,11H2,1-2H3. The molecule has 0 unspecified atom stereocenters. The first-order valence-electron chi connectivity index (χ1n) is 8.01. The Morgan fingerprint density at radius 3 is 2.48 bits per heavy atom. The molecule has 138 valence electrons. The number of hydrogen-bond donors (Lipinski definition) is 0. The van der Waals surface area contributed by atoms with Crippen molar-refractivity contribution in [2.45, 2.75) is 13.5 Å². The van der Waals surface area contributed by atoms with E-state index in [-0.39, 0.29) is 35.0 Å². The number of rotatable bonds is 6. The van der Waals surface area contributed by atoms with Gasteiger partial charge in [-0.25, -0.2) is 4.79 Å². The number of carbonyl (C=O) groups excluding carboxylic acids is 1. The third-order valence-electron chi connectivity index (χ3n) is 3.48. The van der Waals surface area contributed by atoms with Gasteiger partial charge in [-0.2, -0.15) is 9.97 Å². The molecule has 0 radical (unpaired) electrons. The summed E-state index contributed by atoms with van der Waals surface area (Å²) < 4.78 is 16.0. The van der Waals surface area contributed by atoms with E-state index >= 15 is 0 Å². The summed E-state index contributed by atoms with van der Waals surface area (Å²) >= 11 is 6.20. The number of esters is 1. The van der Waals surface area contributed by atoms with Crippen LogP contribution in [-0.2, 0) is 11.3 Å². The first-order chi connectivity index (χ1) is 13.1. The molecule has 2 aromatic carbocycles. The topological polar surface area (TPSA) is 83.4 Å². The van der Waals surface area contributed by atoms with Gasteiger partial charge in [-0.15, -0.1) is 4.98 Å². The molecule has 7 nitrogen and oxygen atoms in total. The predicted molar refractivity (Wildman–Crippen MR) is 98.2 cm³/mol. The average molecular weight is 386 g/mol. The van der Waals surface area contributed by atoms with Gasteiger partial charge in [-0.1, -0.05) is 48.0 Å².